The maximum Gasteiger partial charge on any atom is 0.239 e. The zero-order chi connectivity index (χ0) is 20.7. The summed E-state index contributed by atoms with van der Waals surface area (Å²) in [6, 6.07) is 3.83. The van der Waals surface area contributed by atoms with Crippen molar-refractivity contribution in [3.05, 3.63) is 39.6 Å². The zero-order valence-corrected chi connectivity index (χ0v) is 18.0. The number of ether oxygens (including phenoxy) is 2. The molecule has 1 aromatic heterocycles. The number of ketones is 2. The monoisotopic (exact) mass is 447 g/mol. The van der Waals surface area contributed by atoms with Crippen LogP contribution in [0.15, 0.2) is 34.8 Å². The van der Waals surface area contributed by atoms with E-state index in [1.54, 1.807) is 0 Å². The van der Waals surface area contributed by atoms with Gasteiger partial charge < -0.3 is 19.5 Å². The van der Waals surface area contributed by atoms with Crippen LogP contribution in [0.3, 0.4) is 0 Å². The van der Waals surface area contributed by atoms with Crippen LogP contribution in [0.5, 0.6) is 0 Å². The SMILES string of the molecule is O=C1C(=C2C=CC(=[N+]3CCOCC3)S2)C(=O)C(c2ccc(N3CCOCC3)s2)C1O. The molecule has 30 heavy (non-hydrogen) atoms. The molecule has 9 heteroatoms. The van der Waals surface area contributed by atoms with E-state index in [-0.39, 0.29) is 11.4 Å². The Bertz CT molecular complexity index is 966. The molecule has 4 heterocycles. The number of allylic oxidation sites excluding steroid dienone is 1. The molecular formula is C21H23N2O5S2+. The molecule has 1 saturated carbocycles. The lowest BCUT2D eigenvalue weighted by molar-refractivity contribution is -0.546. The third kappa shape index (κ3) is 3.58. The number of morpholine rings is 2. The molecule has 2 atom stereocenters. The number of thiophene rings is 1. The molecular weight excluding hydrogens is 424 g/mol. The first-order chi connectivity index (χ1) is 14.6. The Balaban J connectivity index is 1.40. The molecule has 4 aliphatic rings. The maximum absolute atomic E-state index is 13.2. The van der Waals surface area contributed by atoms with Gasteiger partial charge in [-0.25, -0.2) is 4.58 Å². The maximum atomic E-state index is 13.2. The van der Waals surface area contributed by atoms with Gasteiger partial charge in [-0.3, -0.25) is 9.59 Å². The number of nitrogens with zero attached hydrogens (tertiary/aromatic N) is 2. The average molecular weight is 448 g/mol. The summed E-state index contributed by atoms with van der Waals surface area (Å²) in [5, 5.41) is 12.7. The van der Waals surface area contributed by atoms with Gasteiger partial charge in [0.25, 0.3) is 0 Å². The van der Waals surface area contributed by atoms with Crippen molar-refractivity contribution in [2.24, 2.45) is 0 Å². The number of hydrogen-bond donors (Lipinski definition) is 1. The fraction of sp³-hybridized carbons (Fsp3) is 0.476. The lowest BCUT2D eigenvalue weighted by atomic mass is 10.0. The first-order valence-corrected chi connectivity index (χ1v) is 11.8. The summed E-state index contributed by atoms with van der Waals surface area (Å²) in [6.45, 7) is 5.90. The van der Waals surface area contributed by atoms with Crippen LogP contribution in [0, 0.1) is 0 Å². The minimum atomic E-state index is -1.32. The lowest BCUT2D eigenvalue weighted by Gasteiger charge is -2.27. The van der Waals surface area contributed by atoms with Crippen molar-refractivity contribution >= 4 is 44.7 Å². The molecule has 0 radical (unpaired) electrons. The van der Waals surface area contributed by atoms with Gasteiger partial charge in [0.2, 0.25) is 5.04 Å². The van der Waals surface area contributed by atoms with Gasteiger partial charge in [-0.1, -0.05) is 0 Å². The van der Waals surface area contributed by atoms with Crippen molar-refractivity contribution in [2.45, 2.75) is 12.0 Å². The Morgan fingerprint density at radius 3 is 2.50 bits per heavy atom. The Morgan fingerprint density at radius 1 is 1.00 bits per heavy atom. The van der Waals surface area contributed by atoms with Crippen molar-refractivity contribution in [3.63, 3.8) is 0 Å². The van der Waals surface area contributed by atoms with Crippen LogP contribution in [-0.2, 0) is 19.1 Å². The number of aliphatic hydroxyl groups excluding tert-OH is 1. The molecule has 0 amide bonds. The van der Waals surface area contributed by atoms with E-state index in [0.717, 1.165) is 41.1 Å². The molecule has 0 bridgehead atoms. The Kier molecular flexibility index (Phi) is 5.63. The first-order valence-electron chi connectivity index (χ1n) is 10.1. The highest BCUT2D eigenvalue weighted by Gasteiger charge is 2.48. The van der Waals surface area contributed by atoms with Crippen LogP contribution in [0.4, 0.5) is 5.00 Å². The van der Waals surface area contributed by atoms with Gasteiger partial charge in [-0.2, -0.15) is 0 Å². The van der Waals surface area contributed by atoms with Gasteiger partial charge in [0, 0.05) is 28.9 Å². The number of hydrogen-bond acceptors (Lipinski definition) is 8. The summed E-state index contributed by atoms with van der Waals surface area (Å²) in [5.74, 6) is -1.57. The lowest BCUT2D eigenvalue weighted by Crippen LogP contribution is -2.35. The smallest absolute Gasteiger partial charge is 0.239 e. The Hall–Kier alpha value is -1.78. The number of carbonyl (C=O) groups excluding carboxylic acids is 2. The van der Waals surface area contributed by atoms with Crippen LogP contribution in [0.25, 0.3) is 0 Å². The number of aliphatic hydroxyl groups is 1. The van der Waals surface area contributed by atoms with E-state index in [1.165, 1.54) is 23.1 Å². The van der Waals surface area contributed by atoms with Crippen LogP contribution >= 0.6 is 23.1 Å². The molecule has 0 aromatic carbocycles. The highest BCUT2D eigenvalue weighted by molar-refractivity contribution is 8.18. The van der Waals surface area contributed by atoms with Gasteiger partial charge in [0.15, 0.2) is 24.7 Å². The predicted molar refractivity (Wildman–Crippen MR) is 116 cm³/mol. The van der Waals surface area contributed by atoms with Crippen LogP contribution < -0.4 is 4.90 Å². The summed E-state index contributed by atoms with van der Waals surface area (Å²) in [5.41, 5.74) is 0.137. The van der Waals surface area contributed by atoms with Crippen molar-refractivity contribution in [1.82, 2.24) is 0 Å². The van der Waals surface area contributed by atoms with E-state index in [1.807, 2.05) is 24.3 Å². The number of carbonyl (C=O) groups is 2. The third-order valence-electron chi connectivity index (χ3n) is 5.76. The average Bonchev–Trinajstić information content (AvgIpc) is 3.49. The number of Topliss-reactive ketones (excluding diaryl/α,β-unsaturated/α-hetero) is 2. The van der Waals surface area contributed by atoms with Crippen molar-refractivity contribution < 1.29 is 28.7 Å². The molecule has 5 rings (SSSR count). The molecule has 3 fully saturated rings. The second-order valence-electron chi connectivity index (χ2n) is 7.54. The molecule has 2 saturated heterocycles. The number of anilines is 1. The quantitative estimate of drug-likeness (QED) is 0.414. The van der Waals surface area contributed by atoms with E-state index < -0.39 is 17.8 Å². The van der Waals surface area contributed by atoms with Gasteiger partial charge >= 0.3 is 0 Å². The van der Waals surface area contributed by atoms with Crippen molar-refractivity contribution in [1.29, 1.82) is 0 Å². The standard InChI is InChI=1S/C21H23N2O5S2/c24-19-17(13-1-3-15(29-13)22-5-9-27-10-6-22)20(25)21(26)18(19)14-2-4-16(30-14)23-7-11-28-12-8-23/h1-4,17,20,25H,5-12H2/q+1. The summed E-state index contributed by atoms with van der Waals surface area (Å²) in [6.07, 6.45) is 2.45. The Morgan fingerprint density at radius 2 is 1.73 bits per heavy atom. The third-order valence-corrected chi connectivity index (χ3v) is 8.16. The minimum Gasteiger partial charge on any atom is -0.384 e. The van der Waals surface area contributed by atoms with Crippen molar-refractivity contribution in [3.8, 4) is 0 Å². The Labute approximate surface area is 182 Å². The normalized spacial score (nSPS) is 30.1. The first kappa shape index (κ1) is 20.1. The topological polar surface area (TPSA) is 79.1 Å². The molecule has 2 unspecified atom stereocenters. The zero-order valence-electron chi connectivity index (χ0n) is 16.4. The highest BCUT2D eigenvalue weighted by atomic mass is 32.2. The fourth-order valence-corrected chi connectivity index (χ4v) is 6.43. The largest absolute Gasteiger partial charge is 0.384 e. The summed E-state index contributed by atoms with van der Waals surface area (Å²) >= 11 is 2.91. The van der Waals surface area contributed by atoms with Gasteiger partial charge in [-0.05, 0) is 30.0 Å². The van der Waals surface area contributed by atoms with Crippen LogP contribution in [-0.4, -0.2) is 85.0 Å². The van der Waals surface area contributed by atoms with Crippen molar-refractivity contribution in [2.75, 3.05) is 57.5 Å². The molecule has 1 aromatic rings. The highest BCUT2D eigenvalue weighted by Crippen LogP contribution is 2.42. The van der Waals surface area contributed by atoms with Crippen LogP contribution in [0.1, 0.15) is 10.8 Å². The molecule has 0 spiro atoms. The summed E-state index contributed by atoms with van der Waals surface area (Å²) in [4.78, 5) is 29.7. The second-order valence-corrected chi connectivity index (χ2v) is 9.69. The van der Waals surface area contributed by atoms with E-state index >= 15 is 0 Å². The number of thioether (sulfide) groups is 1. The minimum absolute atomic E-state index is 0.137. The summed E-state index contributed by atoms with van der Waals surface area (Å²) < 4.78 is 13.0. The number of rotatable bonds is 2. The predicted octanol–water partition coefficient (Wildman–Crippen LogP) is 1.18. The molecule has 158 valence electrons. The van der Waals surface area contributed by atoms with Gasteiger partial charge in [0.05, 0.1) is 29.7 Å². The molecule has 1 aliphatic carbocycles. The van der Waals surface area contributed by atoms with E-state index in [2.05, 4.69) is 9.48 Å². The molecule has 3 aliphatic heterocycles. The second kappa shape index (κ2) is 8.39. The molecule has 1 N–H and O–H groups in total. The summed E-state index contributed by atoms with van der Waals surface area (Å²) in [7, 11) is 0. The van der Waals surface area contributed by atoms with E-state index in [4.69, 9.17) is 9.47 Å². The van der Waals surface area contributed by atoms with Gasteiger partial charge in [0.1, 0.15) is 19.3 Å². The van der Waals surface area contributed by atoms with Crippen LogP contribution in [0.2, 0.25) is 0 Å². The van der Waals surface area contributed by atoms with E-state index in [9.17, 15) is 14.7 Å². The van der Waals surface area contributed by atoms with E-state index in [0.29, 0.717) is 31.3 Å². The molecule has 7 nitrogen and oxygen atoms in total. The fourth-order valence-electron chi connectivity index (χ4n) is 4.13. The van der Waals surface area contributed by atoms with Gasteiger partial charge in [-0.15, -0.1) is 11.3 Å².